The number of halogens is 1. The third-order valence-electron chi connectivity index (χ3n) is 4.48. The van der Waals surface area contributed by atoms with Gasteiger partial charge in [0.15, 0.2) is 0 Å². The topological polar surface area (TPSA) is 101 Å². The highest BCUT2D eigenvalue weighted by molar-refractivity contribution is 7.89. The molecule has 0 bridgehead atoms. The van der Waals surface area contributed by atoms with Crippen LogP contribution in [0, 0.1) is 10.1 Å². The van der Waals surface area contributed by atoms with Gasteiger partial charge in [-0.05, 0) is 29.8 Å². The van der Waals surface area contributed by atoms with Crippen LogP contribution in [0.5, 0.6) is 0 Å². The van der Waals surface area contributed by atoms with Crippen LogP contribution in [-0.4, -0.2) is 54.6 Å². The summed E-state index contributed by atoms with van der Waals surface area (Å²) in [5.41, 5.74) is 0.503. The molecule has 1 aliphatic rings. The first-order valence-corrected chi connectivity index (χ1v) is 10.6. The molecule has 0 aliphatic carbocycles. The van der Waals surface area contributed by atoms with E-state index in [-0.39, 0.29) is 42.7 Å². The van der Waals surface area contributed by atoms with Crippen molar-refractivity contribution in [3.8, 4) is 0 Å². The molecule has 8 nitrogen and oxygen atoms in total. The Morgan fingerprint density at radius 1 is 1.07 bits per heavy atom. The Balaban J connectivity index is 1.64. The van der Waals surface area contributed by atoms with Crippen LogP contribution in [0.15, 0.2) is 59.5 Å². The van der Waals surface area contributed by atoms with E-state index < -0.39 is 14.9 Å². The summed E-state index contributed by atoms with van der Waals surface area (Å²) < 4.78 is 26.7. The Kier molecular flexibility index (Phi) is 6.31. The van der Waals surface area contributed by atoms with E-state index in [0.29, 0.717) is 5.02 Å². The number of non-ortho nitro benzene ring substituents is 1. The van der Waals surface area contributed by atoms with Gasteiger partial charge in [0.2, 0.25) is 15.9 Å². The number of hydrogen-bond acceptors (Lipinski definition) is 5. The molecule has 152 valence electrons. The first kappa shape index (κ1) is 21.0. The van der Waals surface area contributed by atoms with E-state index >= 15 is 0 Å². The number of benzene rings is 2. The van der Waals surface area contributed by atoms with Crippen LogP contribution in [0.1, 0.15) is 5.56 Å². The summed E-state index contributed by atoms with van der Waals surface area (Å²) in [5, 5.41) is 11.5. The van der Waals surface area contributed by atoms with Crippen molar-refractivity contribution >= 4 is 39.3 Å². The van der Waals surface area contributed by atoms with Crippen molar-refractivity contribution in [3.63, 3.8) is 0 Å². The molecule has 0 atom stereocenters. The summed E-state index contributed by atoms with van der Waals surface area (Å²) in [5.74, 6) is -0.225. The van der Waals surface area contributed by atoms with Crippen molar-refractivity contribution < 1.29 is 18.1 Å². The highest BCUT2D eigenvalue weighted by Crippen LogP contribution is 2.22. The van der Waals surface area contributed by atoms with Gasteiger partial charge in [0.25, 0.3) is 5.69 Å². The van der Waals surface area contributed by atoms with Gasteiger partial charge in [0, 0.05) is 49.4 Å². The number of nitro benzene ring substituents is 1. The normalized spacial score (nSPS) is 15.6. The Morgan fingerprint density at radius 3 is 2.41 bits per heavy atom. The summed E-state index contributed by atoms with van der Waals surface area (Å²) in [6.07, 6.45) is 3.08. The van der Waals surface area contributed by atoms with E-state index in [0.717, 1.165) is 11.6 Å². The molecule has 1 aliphatic heterocycles. The molecule has 0 unspecified atom stereocenters. The maximum absolute atomic E-state index is 12.8. The predicted octanol–water partition coefficient (Wildman–Crippen LogP) is 2.79. The zero-order valence-corrected chi connectivity index (χ0v) is 16.8. The lowest BCUT2D eigenvalue weighted by atomic mass is 10.2. The summed E-state index contributed by atoms with van der Waals surface area (Å²) in [6, 6.07) is 12.0. The van der Waals surface area contributed by atoms with Gasteiger partial charge in [-0.2, -0.15) is 4.31 Å². The van der Waals surface area contributed by atoms with Gasteiger partial charge in [0.1, 0.15) is 0 Å². The minimum atomic E-state index is -3.87. The van der Waals surface area contributed by atoms with Gasteiger partial charge in [-0.15, -0.1) is 0 Å². The smallest absolute Gasteiger partial charge is 0.270 e. The molecule has 1 fully saturated rings. The van der Waals surface area contributed by atoms with Crippen LogP contribution in [0.25, 0.3) is 6.08 Å². The third-order valence-corrected chi connectivity index (χ3v) is 6.61. The minimum absolute atomic E-state index is 0.113. The first-order chi connectivity index (χ1) is 13.8. The molecule has 0 spiro atoms. The number of amides is 1. The molecular weight excluding hydrogens is 418 g/mol. The van der Waals surface area contributed by atoms with Gasteiger partial charge in [-0.25, -0.2) is 8.42 Å². The molecule has 0 radical (unpaired) electrons. The van der Waals surface area contributed by atoms with Crippen molar-refractivity contribution in [1.82, 2.24) is 9.21 Å². The van der Waals surface area contributed by atoms with Crippen LogP contribution < -0.4 is 0 Å². The van der Waals surface area contributed by atoms with Crippen LogP contribution in [0.4, 0.5) is 5.69 Å². The lowest BCUT2D eigenvalue weighted by molar-refractivity contribution is -0.385. The van der Waals surface area contributed by atoms with Gasteiger partial charge in [0.05, 0.1) is 9.82 Å². The van der Waals surface area contributed by atoms with E-state index in [9.17, 15) is 23.3 Å². The van der Waals surface area contributed by atoms with Gasteiger partial charge >= 0.3 is 0 Å². The van der Waals surface area contributed by atoms with E-state index in [2.05, 4.69) is 0 Å². The molecular formula is C19H18ClN3O5S. The number of rotatable bonds is 5. The number of carbonyl (C=O) groups excluding carboxylic acids is 1. The summed E-state index contributed by atoms with van der Waals surface area (Å²) in [6.45, 7) is 0.684. The number of carbonyl (C=O) groups is 1. The molecule has 0 N–H and O–H groups in total. The Bertz CT molecular complexity index is 1060. The molecule has 0 aromatic heterocycles. The maximum atomic E-state index is 12.8. The van der Waals surface area contributed by atoms with E-state index in [1.54, 1.807) is 29.2 Å². The molecule has 29 heavy (non-hydrogen) atoms. The molecule has 10 heteroatoms. The molecule has 3 rings (SSSR count). The number of sulfonamides is 1. The van der Waals surface area contributed by atoms with Crippen LogP contribution >= 0.6 is 11.6 Å². The Labute approximate surface area is 173 Å². The largest absolute Gasteiger partial charge is 0.337 e. The third kappa shape index (κ3) is 5.00. The SMILES string of the molecule is O=C(/C=C/c1cccc(Cl)c1)N1CCN(S(=O)(=O)c2cccc([N+](=O)[O-])c2)CC1. The number of hydrogen-bond donors (Lipinski definition) is 0. The molecule has 1 amide bonds. The standard InChI is InChI=1S/C19H18ClN3O5S/c20-16-4-1-3-15(13-16)7-8-19(24)21-9-11-22(12-10-21)29(27,28)18-6-2-5-17(14-18)23(25)26/h1-8,13-14H,9-12H2/b8-7+. The van der Waals surface area contributed by atoms with Gasteiger partial charge in [-0.3, -0.25) is 14.9 Å². The second-order valence-corrected chi connectivity index (χ2v) is 8.75. The van der Waals surface area contributed by atoms with Crippen LogP contribution in [-0.2, 0) is 14.8 Å². The minimum Gasteiger partial charge on any atom is -0.337 e. The van der Waals surface area contributed by atoms with E-state index in [4.69, 9.17) is 11.6 Å². The average molecular weight is 436 g/mol. The second-order valence-electron chi connectivity index (χ2n) is 6.37. The predicted molar refractivity (Wildman–Crippen MR) is 109 cm³/mol. The maximum Gasteiger partial charge on any atom is 0.270 e. The molecule has 2 aromatic carbocycles. The Morgan fingerprint density at radius 2 is 1.76 bits per heavy atom. The second kappa shape index (κ2) is 8.73. The van der Waals surface area contributed by atoms with Crippen molar-refractivity contribution in [2.75, 3.05) is 26.2 Å². The van der Waals surface area contributed by atoms with Crippen molar-refractivity contribution in [3.05, 3.63) is 75.3 Å². The fourth-order valence-electron chi connectivity index (χ4n) is 2.94. The van der Waals surface area contributed by atoms with Crippen molar-refractivity contribution in [1.29, 1.82) is 0 Å². The zero-order chi connectivity index (χ0) is 21.0. The fraction of sp³-hybridized carbons (Fsp3) is 0.211. The van der Waals surface area contributed by atoms with Crippen LogP contribution in [0.3, 0.4) is 0 Å². The molecule has 1 saturated heterocycles. The van der Waals surface area contributed by atoms with Crippen LogP contribution in [0.2, 0.25) is 5.02 Å². The molecule has 1 heterocycles. The summed E-state index contributed by atoms with van der Waals surface area (Å²) >= 11 is 5.92. The zero-order valence-electron chi connectivity index (χ0n) is 15.3. The van der Waals surface area contributed by atoms with E-state index in [1.807, 2.05) is 6.07 Å². The van der Waals surface area contributed by atoms with E-state index in [1.165, 1.54) is 28.6 Å². The van der Waals surface area contributed by atoms with Gasteiger partial charge in [-0.1, -0.05) is 29.8 Å². The fourth-order valence-corrected chi connectivity index (χ4v) is 4.60. The van der Waals surface area contributed by atoms with Crippen molar-refractivity contribution in [2.24, 2.45) is 0 Å². The average Bonchev–Trinajstić information content (AvgIpc) is 2.72. The quantitative estimate of drug-likeness (QED) is 0.408. The highest BCUT2D eigenvalue weighted by Gasteiger charge is 2.30. The molecule has 0 saturated carbocycles. The monoisotopic (exact) mass is 435 g/mol. The Hall–Kier alpha value is -2.75. The summed E-state index contributed by atoms with van der Waals surface area (Å²) in [4.78, 5) is 24.0. The number of nitrogens with zero attached hydrogens (tertiary/aromatic N) is 3. The summed E-state index contributed by atoms with van der Waals surface area (Å²) in [7, 11) is -3.87. The van der Waals surface area contributed by atoms with Crippen molar-refractivity contribution in [2.45, 2.75) is 4.90 Å². The van der Waals surface area contributed by atoms with Gasteiger partial charge < -0.3 is 4.90 Å². The number of piperazine rings is 1. The lowest BCUT2D eigenvalue weighted by Crippen LogP contribution is -2.50. The highest BCUT2D eigenvalue weighted by atomic mass is 35.5. The number of nitro groups is 1. The first-order valence-electron chi connectivity index (χ1n) is 8.74. The molecule has 2 aromatic rings. The lowest BCUT2D eigenvalue weighted by Gasteiger charge is -2.33.